The Morgan fingerprint density at radius 3 is 2.41 bits per heavy atom. The van der Waals surface area contributed by atoms with Gasteiger partial charge in [0.05, 0.1) is 40.1 Å². The zero-order chi connectivity index (χ0) is 26.9. The largest absolute Gasteiger partial charge is 0.496 e. The molecule has 0 amide bonds. The van der Waals surface area contributed by atoms with Crippen molar-refractivity contribution in [3.8, 4) is 23.0 Å². The zero-order valence-electron chi connectivity index (χ0n) is 22.1. The summed E-state index contributed by atoms with van der Waals surface area (Å²) < 4.78 is 38.6. The molecule has 2 rings (SSSR count). The quantitative estimate of drug-likeness (QED) is 0.120. The first-order chi connectivity index (χ1) is 18.0. The molecule has 204 valence electrons. The van der Waals surface area contributed by atoms with Crippen LogP contribution >= 0.6 is 0 Å². The SMILES string of the molecule is CCCCOc1cc(C=C(OCC)C(=O)O)ccc1OCCc1ccc(OCOCCOC)cc1OC. The molecular weight excluding hydrogens is 480 g/mol. The minimum Gasteiger partial charge on any atom is -0.496 e. The molecule has 0 saturated heterocycles. The van der Waals surface area contributed by atoms with Crippen molar-refractivity contribution in [2.75, 3.05) is 54.0 Å². The van der Waals surface area contributed by atoms with E-state index in [1.54, 1.807) is 39.3 Å². The van der Waals surface area contributed by atoms with Gasteiger partial charge in [0.2, 0.25) is 5.76 Å². The second kappa shape index (κ2) is 17.1. The number of ether oxygens (including phenoxy) is 7. The average molecular weight is 519 g/mol. The van der Waals surface area contributed by atoms with Crippen LogP contribution in [0.1, 0.15) is 37.8 Å². The molecule has 0 saturated carbocycles. The van der Waals surface area contributed by atoms with Gasteiger partial charge in [-0.25, -0.2) is 4.79 Å². The van der Waals surface area contributed by atoms with Gasteiger partial charge >= 0.3 is 5.97 Å². The van der Waals surface area contributed by atoms with Gasteiger partial charge in [0, 0.05) is 19.6 Å². The fourth-order valence-electron chi connectivity index (χ4n) is 3.25. The van der Waals surface area contributed by atoms with Gasteiger partial charge < -0.3 is 38.3 Å². The van der Waals surface area contributed by atoms with E-state index in [0.717, 1.165) is 18.4 Å². The Morgan fingerprint density at radius 1 is 0.892 bits per heavy atom. The predicted molar refractivity (Wildman–Crippen MR) is 140 cm³/mol. The Hall–Kier alpha value is -3.43. The van der Waals surface area contributed by atoms with Crippen LogP contribution in [0.5, 0.6) is 23.0 Å². The number of rotatable bonds is 19. The molecule has 0 aliphatic rings. The minimum absolute atomic E-state index is 0.124. The Labute approximate surface area is 218 Å². The lowest BCUT2D eigenvalue weighted by molar-refractivity contribution is -0.136. The number of aliphatic carboxylic acids is 1. The Bertz CT molecular complexity index is 988. The molecule has 9 heteroatoms. The Morgan fingerprint density at radius 2 is 1.70 bits per heavy atom. The lowest BCUT2D eigenvalue weighted by Crippen LogP contribution is -2.08. The van der Waals surface area contributed by atoms with E-state index < -0.39 is 5.97 Å². The van der Waals surface area contributed by atoms with Gasteiger partial charge in [0.25, 0.3) is 0 Å². The summed E-state index contributed by atoms with van der Waals surface area (Å²) in [6.07, 6.45) is 3.95. The van der Waals surface area contributed by atoms with Crippen molar-refractivity contribution in [1.82, 2.24) is 0 Å². The maximum absolute atomic E-state index is 11.4. The standard InChI is InChI=1S/C28H38O9/c1-5-7-13-35-26-17-21(18-27(28(29)30)34-6-2)8-11-24(26)36-14-12-22-9-10-23(19-25(22)32-4)37-20-33-16-15-31-3/h8-11,17-19H,5-7,12-16,20H2,1-4H3,(H,29,30). The van der Waals surface area contributed by atoms with Crippen molar-refractivity contribution in [3.05, 3.63) is 53.3 Å². The minimum atomic E-state index is -1.13. The van der Waals surface area contributed by atoms with Gasteiger partial charge in [0.1, 0.15) is 11.5 Å². The molecule has 0 aliphatic heterocycles. The highest BCUT2D eigenvalue weighted by molar-refractivity contribution is 5.90. The van der Waals surface area contributed by atoms with Crippen molar-refractivity contribution in [2.24, 2.45) is 0 Å². The maximum atomic E-state index is 11.4. The van der Waals surface area contributed by atoms with E-state index in [1.807, 2.05) is 18.2 Å². The van der Waals surface area contributed by atoms with Crippen LogP contribution in [0, 0.1) is 0 Å². The van der Waals surface area contributed by atoms with E-state index >= 15 is 0 Å². The molecular formula is C28H38O9. The molecule has 2 aromatic carbocycles. The van der Waals surface area contributed by atoms with E-state index in [1.165, 1.54) is 6.08 Å². The normalized spacial score (nSPS) is 11.2. The Balaban J connectivity index is 2.06. The zero-order valence-corrected chi connectivity index (χ0v) is 22.1. The summed E-state index contributed by atoms with van der Waals surface area (Å²) in [7, 11) is 3.23. The van der Waals surface area contributed by atoms with Crippen LogP contribution in [0.4, 0.5) is 0 Å². The number of carboxylic acids is 1. The van der Waals surface area contributed by atoms with Crippen molar-refractivity contribution in [3.63, 3.8) is 0 Å². The van der Waals surface area contributed by atoms with Gasteiger partial charge in [-0.05, 0) is 48.7 Å². The first-order valence-electron chi connectivity index (χ1n) is 12.4. The van der Waals surface area contributed by atoms with Crippen molar-refractivity contribution >= 4 is 12.0 Å². The van der Waals surface area contributed by atoms with Gasteiger partial charge in [-0.2, -0.15) is 0 Å². The molecule has 0 atom stereocenters. The maximum Gasteiger partial charge on any atom is 0.371 e. The third kappa shape index (κ3) is 10.6. The van der Waals surface area contributed by atoms with E-state index in [2.05, 4.69) is 6.92 Å². The average Bonchev–Trinajstić information content (AvgIpc) is 2.90. The van der Waals surface area contributed by atoms with Gasteiger partial charge in [-0.1, -0.05) is 25.5 Å². The van der Waals surface area contributed by atoms with Crippen LogP contribution in [0.25, 0.3) is 6.08 Å². The highest BCUT2D eigenvalue weighted by Crippen LogP contribution is 2.31. The van der Waals surface area contributed by atoms with Crippen LogP contribution in [0.15, 0.2) is 42.2 Å². The number of carboxylic acid groups (broad SMARTS) is 1. The highest BCUT2D eigenvalue weighted by atomic mass is 16.7. The number of unbranched alkanes of at least 4 members (excludes halogenated alkanes) is 1. The second-order valence-corrected chi connectivity index (χ2v) is 7.89. The molecule has 0 spiro atoms. The van der Waals surface area contributed by atoms with Gasteiger partial charge in [0.15, 0.2) is 18.3 Å². The molecule has 0 radical (unpaired) electrons. The monoisotopic (exact) mass is 518 g/mol. The topological polar surface area (TPSA) is 102 Å². The fourth-order valence-corrected chi connectivity index (χ4v) is 3.25. The van der Waals surface area contributed by atoms with Crippen molar-refractivity contribution < 1.29 is 43.1 Å². The van der Waals surface area contributed by atoms with Crippen molar-refractivity contribution in [1.29, 1.82) is 0 Å². The summed E-state index contributed by atoms with van der Waals surface area (Å²) in [5.41, 5.74) is 1.61. The molecule has 0 fully saturated rings. The highest BCUT2D eigenvalue weighted by Gasteiger charge is 2.12. The van der Waals surface area contributed by atoms with Crippen LogP contribution in [-0.4, -0.2) is 65.1 Å². The summed E-state index contributed by atoms with van der Waals surface area (Å²) in [5.74, 6) is 1.20. The lowest BCUT2D eigenvalue weighted by Gasteiger charge is -2.15. The van der Waals surface area contributed by atoms with Crippen LogP contribution in [0.2, 0.25) is 0 Å². The third-order valence-electron chi connectivity index (χ3n) is 5.16. The molecule has 0 aliphatic carbocycles. The molecule has 1 N–H and O–H groups in total. The van der Waals surface area contributed by atoms with E-state index in [0.29, 0.717) is 61.4 Å². The van der Waals surface area contributed by atoms with Crippen LogP contribution < -0.4 is 18.9 Å². The number of methoxy groups -OCH3 is 2. The summed E-state index contributed by atoms with van der Waals surface area (Å²) in [5, 5.41) is 9.34. The fraction of sp³-hybridized carbons (Fsp3) is 0.464. The number of hydrogen-bond donors (Lipinski definition) is 1. The molecule has 0 aromatic heterocycles. The summed E-state index contributed by atoms with van der Waals surface area (Å²) in [4.78, 5) is 11.4. The van der Waals surface area contributed by atoms with E-state index in [9.17, 15) is 9.90 Å². The molecule has 0 unspecified atom stereocenters. The smallest absolute Gasteiger partial charge is 0.371 e. The second-order valence-electron chi connectivity index (χ2n) is 7.89. The predicted octanol–water partition coefficient (Wildman–Crippen LogP) is 4.96. The van der Waals surface area contributed by atoms with Crippen LogP contribution in [-0.2, 0) is 25.4 Å². The number of hydrogen-bond acceptors (Lipinski definition) is 8. The summed E-state index contributed by atoms with van der Waals surface area (Å²) >= 11 is 0. The molecule has 0 heterocycles. The molecule has 37 heavy (non-hydrogen) atoms. The van der Waals surface area contributed by atoms with Crippen LogP contribution in [0.3, 0.4) is 0 Å². The van der Waals surface area contributed by atoms with E-state index in [4.69, 9.17) is 33.2 Å². The number of benzene rings is 2. The number of carbonyl (C=O) groups is 1. The van der Waals surface area contributed by atoms with Gasteiger partial charge in [-0.3, -0.25) is 0 Å². The first-order valence-corrected chi connectivity index (χ1v) is 12.4. The van der Waals surface area contributed by atoms with E-state index in [-0.39, 0.29) is 19.2 Å². The molecule has 9 nitrogen and oxygen atoms in total. The Kier molecular flexibility index (Phi) is 13.8. The first kappa shape index (κ1) is 29.8. The molecule has 2 aromatic rings. The molecule has 0 bridgehead atoms. The van der Waals surface area contributed by atoms with Gasteiger partial charge in [-0.15, -0.1) is 0 Å². The third-order valence-corrected chi connectivity index (χ3v) is 5.16. The van der Waals surface area contributed by atoms with Crippen molar-refractivity contribution in [2.45, 2.75) is 33.1 Å². The summed E-state index contributed by atoms with van der Waals surface area (Å²) in [6.45, 7) is 6.08. The summed E-state index contributed by atoms with van der Waals surface area (Å²) in [6, 6.07) is 10.9. The lowest BCUT2D eigenvalue weighted by atomic mass is 10.1.